The zero-order valence-corrected chi connectivity index (χ0v) is 13.4. The molecule has 19 heavy (non-hydrogen) atoms. The second-order valence-electron chi connectivity index (χ2n) is 6.19. The highest BCUT2D eigenvalue weighted by Crippen LogP contribution is 2.32. The Bertz CT molecular complexity index is 249. The van der Waals surface area contributed by atoms with Crippen LogP contribution in [0.4, 0.5) is 0 Å². The number of carbonyl (C=O) groups is 1. The number of rotatable bonds is 9. The van der Waals surface area contributed by atoms with Crippen molar-refractivity contribution in [1.82, 2.24) is 4.90 Å². The number of hydrogen-bond acceptors (Lipinski definition) is 3. The van der Waals surface area contributed by atoms with Gasteiger partial charge in [-0.25, -0.2) is 0 Å². The molecule has 0 saturated carbocycles. The van der Waals surface area contributed by atoms with E-state index in [4.69, 9.17) is 10.5 Å². The van der Waals surface area contributed by atoms with Crippen molar-refractivity contribution in [3.8, 4) is 0 Å². The van der Waals surface area contributed by atoms with Gasteiger partial charge in [-0.1, -0.05) is 20.8 Å². The van der Waals surface area contributed by atoms with Gasteiger partial charge in [0, 0.05) is 26.6 Å². The van der Waals surface area contributed by atoms with Gasteiger partial charge in [0.2, 0.25) is 5.91 Å². The van der Waals surface area contributed by atoms with Gasteiger partial charge in [-0.3, -0.25) is 4.79 Å². The summed E-state index contributed by atoms with van der Waals surface area (Å²) in [7, 11) is 1.84. The van der Waals surface area contributed by atoms with E-state index < -0.39 is 0 Å². The Morgan fingerprint density at radius 1 is 1.32 bits per heavy atom. The van der Waals surface area contributed by atoms with Crippen molar-refractivity contribution in [2.24, 2.45) is 17.1 Å². The van der Waals surface area contributed by atoms with Crippen molar-refractivity contribution in [3.63, 3.8) is 0 Å². The summed E-state index contributed by atoms with van der Waals surface area (Å²) in [5.74, 6) is 0.702. The summed E-state index contributed by atoms with van der Waals surface area (Å²) in [5.41, 5.74) is 5.87. The summed E-state index contributed by atoms with van der Waals surface area (Å²) in [6.45, 7) is 11.3. The van der Waals surface area contributed by atoms with Gasteiger partial charge in [0.15, 0.2) is 0 Å². The third-order valence-electron chi connectivity index (χ3n) is 3.65. The Hall–Kier alpha value is -0.610. The molecule has 0 bridgehead atoms. The van der Waals surface area contributed by atoms with Crippen LogP contribution in [0.15, 0.2) is 0 Å². The molecule has 1 atom stereocenters. The molecule has 0 spiro atoms. The first-order chi connectivity index (χ1) is 8.82. The highest BCUT2D eigenvalue weighted by Gasteiger charge is 2.24. The van der Waals surface area contributed by atoms with E-state index in [-0.39, 0.29) is 11.3 Å². The summed E-state index contributed by atoms with van der Waals surface area (Å²) < 4.78 is 5.26. The number of likely N-dealkylation sites (N-methyl/N-ethyl adjacent to an activating group) is 1. The molecule has 0 saturated heterocycles. The van der Waals surface area contributed by atoms with E-state index >= 15 is 0 Å². The van der Waals surface area contributed by atoms with E-state index in [1.807, 2.05) is 14.0 Å². The van der Waals surface area contributed by atoms with Gasteiger partial charge in [0.05, 0.1) is 6.61 Å². The maximum Gasteiger partial charge on any atom is 0.222 e. The third-order valence-corrected chi connectivity index (χ3v) is 3.65. The van der Waals surface area contributed by atoms with Crippen LogP contribution < -0.4 is 5.73 Å². The zero-order valence-electron chi connectivity index (χ0n) is 13.4. The van der Waals surface area contributed by atoms with Crippen LogP contribution in [0.3, 0.4) is 0 Å². The van der Waals surface area contributed by atoms with Gasteiger partial charge in [-0.15, -0.1) is 0 Å². The number of ether oxygens (including phenoxy) is 1. The lowest BCUT2D eigenvalue weighted by atomic mass is 9.76. The predicted octanol–water partition coefficient (Wildman–Crippen LogP) is 2.27. The van der Waals surface area contributed by atoms with Crippen LogP contribution in [-0.2, 0) is 9.53 Å². The lowest BCUT2D eigenvalue weighted by Gasteiger charge is -2.31. The topological polar surface area (TPSA) is 55.6 Å². The minimum Gasteiger partial charge on any atom is -0.380 e. The molecule has 1 unspecified atom stereocenters. The largest absolute Gasteiger partial charge is 0.380 e. The zero-order chi connectivity index (χ0) is 14.9. The summed E-state index contributed by atoms with van der Waals surface area (Å²) in [6.07, 6.45) is 2.50. The third kappa shape index (κ3) is 8.22. The van der Waals surface area contributed by atoms with Gasteiger partial charge >= 0.3 is 0 Å². The van der Waals surface area contributed by atoms with Crippen LogP contribution in [0.5, 0.6) is 0 Å². The summed E-state index contributed by atoms with van der Waals surface area (Å²) in [4.78, 5) is 13.8. The summed E-state index contributed by atoms with van der Waals surface area (Å²) >= 11 is 0. The lowest BCUT2D eigenvalue weighted by molar-refractivity contribution is -0.131. The van der Waals surface area contributed by atoms with Crippen LogP contribution in [0.2, 0.25) is 0 Å². The summed E-state index contributed by atoms with van der Waals surface area (Å²) in [5, 5.41) is 0. The maximum absolute atomic E-state index is 12.0. The number of nitrogens with two attached hydrogens (primary N) is 1. The lowest BCUT2D eigenvalue weighted by Crippen LogP contribution is -2.31. The van der Waals surface area contributed by atoms with Gasteiger partial charge < -0.3 is 15.4 Å². The molecule has 114 valence electrons. The minimum absolute atomic E-state index is 0.200. The Morgan fingerprint density at radius 3 is 2.42 bits per heavy atom. The van der Waals surface area contributed by atoms with E-state index in [9.17, 15) is 4.79 Å². The SMILES string of the molecule is CCOCCN(C)C(=O)CCC(CCN)C(C)(C)C. The molecule has 2 N–H and O–H groups in total. The maximum atomic E-state index is 12.0. The monoisotopic (exact) mass is 272 g/mol. The van der Waals surface area contributed by atoms with Crippen molar-refractivity contribution in [1.29, 1.82) is 0 Å². The fraction of sp³-hybridized carbons (Fsp3) is 0.933. The molecule has 0 fully saturated rings. The van der Waals surface area contributed by atoms with Crippen molar-refractivity contribution in [3.05, 3.63) is 0 Å². The molecule has 0 aliphatic rings. The molecule has 0 aliphatic heterocycles. The first kappa shape index (κ1) is 18.4. The van der Waals surface area contributed by atoms with E-state index in [2.05, 4.69) is 20.8 Å². The molecule has 0 aromatic heterocycles. The normalized spacial score (nSPS) is 13.4. The molecular weight excluding hydrogens is 240 g/mol. The molecular formula is C15H32N2O2. The number of amides is 1. The van der Waals surface area contributed by atoms with E-state index in [1.165, 1.54) is 0 Å². The van der Waals surface area contributed by atoms with E-state index in [0.717, 1.165) is 12.8 Å². The number of nitrogens with zero attached hydrogens (tertiary/aromatic N) is 1. The second-order valence-corrected chi connectivity index (χ2v) is 6.19. The molecule has 1 amide bonds. The standard InChI is InChI=1S/C15H32N2O2/c1-6-19-12-11-17(5)14(18)8-7-13(9-10-16)15(2,3)4/h13H,6-12,16H2,1-5H3. The first-order valence-corrected chi connectivity index (χ1v) is 7.34. The van der Waals surface area contributed by atoms with Crippen LogP contribution in [-0.4, -0.2) is 44.2 Å². The minimum atomic E-state index is 0.200. The average Bonchev–Trinajstić information content (AvgIpc) is 2.32. The fourth-order valence-corrected chi connectivity index (χ4v) is 2.17. The van der Waals surface area contributed by atoms with Crippen LogP contribution in [0.25, 0.3) is 0 Å². The van der Waals surface area contributed by atoms with Crippen molar-refractivity contribution in [2.45, 2.75) is 47.0 Å². The molecule has 4 nitrogen and oxygen atoms in total. The van der Waals surface area contributed by atoms with E-state index in [1.54, 1.807) is 4.90 Å². The van der Waals surface area contributed by atoms with E-state index in [0.29, 0.717) is 38.6 Å². The average molecular weight is 272 g/mol. The van der Waals surface area contributed by atoms with Gasteiger partial charge in [-0.05, 0) is 37.6 Å². The molecule has 0 aromatic rings. The summed E-state index contributed by atoms with van der Waals surface area (Å²) in [6, 6.07) is 0. The number of carbonyl (C=O) groups excluding carboxylic acids is 1. The van der Waals surface area contributed by atoms with Gasteiger partial charge in [0.1, 0.15) is 0 Å². The molecule has 0 rings (SSSR count). The second kappa shape index (κ2) is 9.32. The van der Waals surface area contributed by atoms with Gasteiger partial charge in [-0.2, -0.15) is 0 Å². The van der Waals surface area contributed by atoms with Crippen molar-refractivity contribution >= 4 is 5.91 Å². The van der Waals surface area contributed by atoms with Crippen molar-refractivity contribution < 1.29 is 9.53 Å². The van der Waals surface area contributed by atoms with Crippen LogP contribution in [0.1, 0.15) is 47.0 Å². The molecule has 0 aromatic carbocycles. The molecule has 0 aliphatic carbocycles. The first-order valence-electron chi connectivity index (χ1n) is 7.34. The predicted molar refractivity (Wildman–Crippen MR) is 80.0 cm³/mol. The highest BCUT2D eigenvalue weighted by molar-refractivity contribution is 5.75. The Kier molecular flexibility index (Phi) is 9.02. The Morgan fingerprint density at radius 2 is 1.95 bits per heavy atom. The Labute approximate surface area is 118 Å². The van der Waals surface area contributed by atoms with Gasteiger partial charge in [0.25, 0.3) is 0 Å². The van der Waals surface area contributed by atoms with Crippen molar-refractivity contribution in [2.75, 3.05) is 33.4 Å². The molecule has 0 heterocycles. The quantitative estimate of drug-likeness (QED) is 0.655. The van der Waals surface area contributed by atoms with Crippen LogP contribution in [0, 0.1) is 11.3 Å². The molecule has 0 radical (unpaired) electrons. The molecule has 4 heteroatoms. The fourth-order valence-electron chi connectivity index (χ4n) is 2.17. The van der Waals surface area contributed by atoms with Crippen LogP contribution >= 0.6 is 0 Å². The smallest absolute Gasteiger partial charge is 0.222 e. The number of hydrogen-bond donors (Lipinski definition) is 1. The highest BCUT2D eigenvalue weighted by atomic mass is 16.5. The Balaban J connectivity index is 4.10.